The van der Waals surface area contributed by atoms with Crippen molar-refractivity contribution in [1.29, 1.82) is 0 Å². The Balaban J connectivity index is 1.75. The Morgan fingerprint density at radius 3 is 2.88 bits per heavy atom. The molecule has 2 unspecified atom stereocenters. The molecule has 0 aromatic carbocycles. The van der Waals surface area contributed by atoms with E-state index in [4.69, 9.17) is 4.52 Å². The fraction of sp³-hybridized carbons (Fsp3) is 0.846. The van der Waals surface area contributed by atoms with Crippen LogP contribution in [0.25, 0.3) is 0 Å². The van der Waals surface area contributed by atoms with Gasteiger partial charge in [-0.25, -0.2) is 0 Å². The Morgan fingerprint density at radius 1 is 1.29 bits per heavy atom. The summed E-state index contributed by atoms with van der Waals surface area (Å²) < 4.78 is 5.11. The van der Waals surface area contributed by atoms with Gasteiger partial charge in [0.25, 0.3) is 0 Å². The predicted molar refractivity (Wildman–Crippen MR) is 66.5 cm³/mol. The summed E-state index contributed by atoms with van der Waals surface area (Å²) in [7, 11) is 0. The van der Waals surface area contributed by atoms with E-state index in [1.54, 1.807) is 0 Å². The van der Waals surface area contributed by atoms with Crippen LogP contribution in [0.15, 0.2) is 4.52 Å². The molecule has 1 aromatic heterocycles. The fourth-order valence-corrected chi connectivity index (χ4v) is 2.63. The topological polar surface area (TPSA) is 51.0 Å². The molecule has 1 fully saturated rings. The zero-order chi connectivity index (χ0) is 12.1. The summed E-state index contributed by atoms with van der Waals surface area (Å²) in [5.74, 6) is 2.36. The third kappa shape index (κ3) is 3.80. The number of hydrogen-bond acceptors (Lipinski definition) is 4. The predicted octanol–water partition coefficient (Wildman–Crippen LogP) is 2.83. The van der Waals surface area contributed by atoms with Gasteiger partial charge in [0.2, 0.25) is 5.89 Å². The van der Waals surface area contributed by atoms with Crippen LogP contribution in [-0.4, -0.2) is 16.2 Å². The Bertz CT molecular complexity index is 337. The van der Waals surface area contributed by atoms with Crippen molar-refractivity contribution in [3.05, 3.63) is 11.7 Å². The van der Waals surface area contributed by atoms with Crippen LogP contribution < -0.4 is 5.32 Å². The van der Waals surface area contributed by atoms with Crippen molar-refractivity contribution in [2.45, 2.75) is 65.0 Å². The highest BCUT2D eigenvalue weighted by Crippen LogP contribution is 2.25. The molecule has 1 saturated carbocycles. The van der Waals surface area contributed by atoms with Gasteiger partial charge in [-0.3, -0.25) is 0 Å². The molecule has 2 atom stereocenters. The number of aromatic nitrogens is 2. The van der Waals surface area contributed by atoms with Crippen molar-refractivity contribution in [2.75, 3.05) is 0 Å². The van der Waals surface area contributed by atoms with Crippen molar-refractivity contribution in [3.8, 4) is 0 Å². The van der Waals surface area contributed by atoms with Gasteiger partial charge in [-0.05, 0) is 32.1 Å². The van der Waals surface area contributed by atoms with Gasteiger partial charge in [0.05, 0.1) is 6.54 Å². The summed E-state index contributed by atoms with van der Waals surface area (Å²) in [6, 6.07) is 0.624. The zero-order valence-corrected chi connectivity index (χ0v) is 10.9. The normalized spacial score (nSPS) is 25.8. The number of hydrogen-bond donors (Lipinski definition) is 1. The van der Waals surface area contributed by atoms with Crippen molar-refractivity contribution in [3.63, 3.8) is 0 Å². The van der Waals surface area contributed by atoms with Crippen LogP contribution in [0.4, 0.5) is 0 Å². The average Bonchev–Trinajstić information content (AvgIpc) is 2.63. The van der Waals surface area contributed by atoms with E-state index in [1.807, 2.05) is 6.92 Å². The third-order valence-corrected chi connectivity index (χ3v) is 3.78. The Morgan fingerprint density at radius 2 is 2.18 bits per heavy atom. The van der Waals surface area contributed by atoms with Gasteiger partial charge in [0.1, 0.15) is 0 Å². The van der Waals surface area contributed by atoms with E-state index in [0.717, 1.165) is 5.92 Å². The lowest BCUT2D eigenvalue weighted by atomic mass is 9.98. The van der Waals surface area contributed by atoms with E-state index < -0.39 is 0 Å². The monoisotopic (exact) mass is 237 g/mol. The average molecular weight is 237 g/mol. The highest BCUT2D eigenvalue weighted by molar-refractivity contribution is 4.83. The van der Waals surface area contributed by atoms with Crippen LogP contribution in [-0.2, 0) is 6.54 Å². The van der Waals surface area contributed by atoms with Crippen LogP contribution in [0.3, 0.4) is 0 Å². The van der Waals surface area contributed by atoms with Crippen molar-refractivity contribution in [1.82, 2.24) is 15.5 Å². The molecule has 0 radical (unpaired) electrons. The first kappa shape index (κ1) is 12.6. The molecular weight excluding hydrogens is 214 g/mol. The molecule has 0 aliphatic heterocycles. The molecule has 96 valence electrons. The van der Waals surface area contributed by atoms with E-state index in [0.29, 0.717) is 24.3 Å². The third-order valence-electron chi connectivity index (χ3n) is 3.78. The minimum atomic E-state index is 0.624. The molecule has 0 saturated heterocycles. The lowest BCUT2D eigenvalue weighted by Gasteiger charge is -2.15. The maximum Gasteiger partial charge on any atom is 0.240 e. The number of nitrogens with zero attached hydrogens (tertiary/aromatic N) is 2. The summed E-state index contributed by atoms with van der Waals surface area (Å²) in [6.45, 7) is 4.87. The van der Waals surface area contributed by atoms with Crippen molar-refractivity contribution < 1.29 is 4.52 Å². The van der Waals surface area contributed by atoms with E-state index in [1.165, 1.54) is 38.5 Å². The smallest absolute Gasteiger partial charge is 0.240 e. The SMILES string of the molecule is CCC1CCCC(NCc2nc(C)no2)CC1. The zero-order valence-electron chi connectivity index (χ0n) is 10.9. The first-order valence-electron chi connectivity index (χ1n) is 6.80. The molecule has 1 aliphatic carbocycles. The Kier molecular flexibility index (Phi) is 4.54. The highest BCUT2D eigenvalue weighted by Gasteiger charge is 2.17. The molecule has 4 nitrogen and oxygen atoms in total. The van der Waals surface area contributed by atoms with Gasteiger partial charge in [-0.2, -0.15) is 4.98 Å². The van der Waals surface area contributed by atoms with Crippen LogP contribution in [0.1, 0.15) is 57.2 Å². The summed E-state index contributed by atoms with van der Waals surface area (Å²) in [5.41, 5.74) is 0. The molecule has 2 rings (SSSR count). The van der Waals surface area contributed by atoms with Gasteiger partial charge in [-0.1, -0.05) is 31.3 Å². The first-order valence-corrected chi connectivity index (χ1v) is 6.80. The van der Waals surface area contributed by atoms with Crippen molar-refractivity contribution in [2.24, 2.45) is 5.92 Å². The molecular formula is C13H23N3O. The molecule has 0 amide bonds. The quantitative estimate of drug-likeness (QED) is 0.818. The van der Waals surface area contributed by atoms with E-state index in [9.17, 15) is 0 Å². The van der Waals surface area contributed by atoms with E-state index >= 15 is 0 Å². The number of nitrogens with one attached hydrogen (secondary N) is 1. The molecule has 1 aliphatic rings. The van der Waals surface area contributed by atoms with Gasteiger partial charge >= 0.3 is 0 Å². The maximum absolute atomic E-state index is 5.11. The van der Waals surface area contributed by atoms with Gasteiger partial charge in [0, 0.05) is 6.04 Å². The summed E-state index contributed by atoms with van der Waals surface area (Å²) in [5, 5.41) is 7.34. The van der Waals surface area contributed by atoms with E-state index in [2.05, 4.69) is 22.4 Å². The molecule has 4 heteroatoms. The fourth-order valence-electron chi connectivity index (χ4n) is 2.63. The summed E-state index contributed by atoms with van der Waals surface area (Å²) in [4.78, 5) is 4.21. The second-order valence-electron chi connectivity index (χ2n) is 5.10. The molecule has 1 aromatic rings. The summed E-state index contributed by atoms with van der Waals surface area (Å²) in [6.07, 6.45) is 8.00. The molecule has 0 bridgehead atoms. The van der Waals surface area contributed by atoms with Crippen LogP contribution in [0.2, 0.25) is 0 Å². The lowest BCUT2D eigenvalue weighted by Crippen LogP contribution is -2.28. The molecule has 17 heavy (non-hydrogen) atoms. The van der Waals surface area contributed by atoms with Gasteiger partial charge in [-0.15, -0.1) is 0 Å². The first-order chi connectivity index (χ1) is 8.28. The van der Waals surface area contributed by atoms with Crippen LogP contribution in [0, 0.1) is 12.8 Å². The second kappa shape index (κ2) is 6.15. The van der Waals surface area contributed by atoms with Crippen LogP contribution in [0.5, 0.6) is 0 Å². The summed E-state index contributed by atoms with van der Waals surface area (Å²) >= 11 is 0. The van der Waals surface area contributed by atoms with Gasteiger partial charge in [0.15, 0.2) is 5.82 Å². The maximum atomic E-state index is 5.11. The molecule has 0 spiro atoms. The second-order valence-corrected chi connectivity index (χ2v) is 5.10. The van der Waals surface area contributed by atoms with E-state index in [-0.39, 0.29) is 0 Å². The van der Waals surface area contributed by atoms with Gasteiger partial charge < -0.3 is 9.84 Å². The number of aryl methyl sites for hydroxylation is 1. The lowest BCUT2D eigenvalue weighted by molar-refractivity contribution is 0.345. The molecule has 1 heterocycles. The standard InChI is InChI=1S/C13H23N3O/c1-3-11-5-4-6-12(8-7-11)14-9-13-15-10(2)16-17-13/h11-12,14H,3-9H2,1-2H3. The largest absolute Gasteiger partial charge is 0.338 e. The van der Waals surface area contributed by atoms with Crippen LogP contribution >= 0.6 is 0 Å². The Labute approximate surface area is 103 Å². The Hall–Kier alpha value is -0.900. The molecule has 1 N–H and O–H groups in total. The number of rotatable bonds is 4. The minimum Gasteiger partial charge on any atom is -0.338 e. The van der Waals surface area contributed by atoms with Crippen molar-refractivity contribution >= 4 is 0 Å². The minimum absolute atomic E-state index is 0.624. The highest BCUT2D eigenvalue weighted by atomic mass is 16.5.